The first kappa shape index (κ1) is 11.5. The molecule has 0 radical (unpaired) electrons. The highest BCUT2D eigenvalue weighted by molar-refractivity contribution is 6.28. The second kappa shape index (κ2) is 4.92. The third kappa shape index (κ3) is 2.79. The largest absolute Gasteiger partial charge is 0.386 e. The van der Waals surface area contributed by atoms with Gasteiger partial charge < -0.3 is 5.73 Å². The highest BCUT2D eigenvalue weighted by Gasteiger charge is 2.04. The number of amidine groups is 1. The number of hydrogen-bond acceptors (Lipinski definition) is 4. The van der Waals surface area contributed by atoms with E-state index in [-0.39, 0.29) is 5.88 Å². The van der Waals surface area contributed by atoms with Gasteiger partial charge in [-0.15, -0.1) is 21.8 Å². The molecule has 2 aromatic rings. The Kier molecular flexibility index (Phi) is 3.34. The van der Waals surface area contributed by atoms with Crippen molar-refractivity contribution in [3.05, 3.63) is 24.3 Å². The molecular weight excluding hydrogens is 240 g/mol. The van der Waals surface area contributed by atoms with E-state index in [9.17, 15) is 0 Å². The smallest absolute Gasteiger partial charge is 0.204 e. The van der Waals surface area contributed by atoms with Gasteiger partial charge in [0, 0.05) is 5.56 Å². The van der Waals surface area contributed by atoms with Crippen LogP contribution in [0.4, 0.5) is 5.69 Å². The van der Waals surface area contributed by atoms with Gasteiger partial charge in [-0.05, 0) is 17.3 Å². The topological polar surface area (TPSA) is 82.0 Å². The van der Waals surface area contributed by atoms with Gasteiger partial charge in [-0.3, -0.25) is 0 Å². The van der Waals surface area contributed by atoms with Crippen LogP contribution in [0.2, 0.25) is 0 Å². The van der Waals surface area contributed by atoms with Crippen LogP contribution in [0.25, 0.3) is 11.4 Å². The van der Waals surface area contributed by atoms with Crippen molar-refractivity contribution in [2.75, 3.05) is 5.88 Å². The van der Waals surface area contributed by atoms with E-state index >= 15 is 0 Å². The Balaban J connectivity index is 2.35. The van der Waals surface area contributed by atoms with Crippen molar-refractivity contribution >= 4 is 23.1 Å². The molecule has 0 spiro atoms. The maximum absolute atomic E-state index is 5.57. The number of nitrogens with two attached hydrogens (primary N) is 1. The van der Waals surface area contributed by atoms with E-state index in [0.29, 0.717) is 17.3 Å². The SMILES string of the molecule is Cn1nnc(-c2cccc(N=C(N)CCl)c2)n1. The molecular formula is C10H11ClN6. The number of benzene rings is 1. The number of nitrogens with zero attached hydrogens (tertiary/aromatic N) is 5. The van der Waals surface area contributed by atoms with E-state index in [1.807, 2.05) is 24.3 Å². The van der Waals surface area contributed by atoms with Crippen molar-refractivity contribution in [2.24, 2.45) is 17.8 Å². The molecule has 88 valence electrons. The lowest BCUT2D eigenvalue weighted by molar-refractivity contribution is 0.630. The third-order valence-corrected chi connectivity index (χ3v) is 2.30. The average molecular weight is 251 g/mol. The summed E-state index contributed by atoms with van der Waals surface area (Å²) in [5, 5.41) is 11.8. The molecule has 0 atom stereocenters. The van der Waals surface area contributed by atoms with Crippen molar-refractivity contribution in [2.45, 2.75) is 0 Å². The van der Waals surface area contributed by atoms with Gasteiger partial charge in [0.05, 0.1) is 18.6 Å². The number of tetrazole rings is 1. The number of halogens is 1. The summed E-state index contributed by atoms with van der Waals surface area (Å²) in [6.07, 6.45) is 0. The van der Waals surface area contributed by atoms with Crippen molar-refractivity contribution < 1.29 is 0 Å². The number of aromatic nitrogens is 4. The molecule has 0 saturated carbocycles. The fraction of sp³-hybridized carbons (Fsp3) is 0.200. The number of aryl methyl sites for hydroxylation is 1. The standard InChI is InChI=1S/C10H11ClN6/c1-17-15-10(14-16-17)7-3-2-4-8(5-7)13-9(12)6-11/h2-5H,6H2,1H3,(H2,12,13). The second-order valence-electron chi connectivity index (χ2n) is 3.39. The summed E-state index contributed by atoms with van der Waals surface area (Å²) < 4.78 is 0. The Bertz CT molecular complexity index is 547. The Morgan fingerprint density at radius 3 is 3.00 bits per heavy atom. The second-order valence-corrected chi connectivity index (χ2v) is 3.66. The normalized spacial score (nSPS) is 11.8. The molecule has 1 aromatic carbocycles. The van der Waals surface area contributed by atoms with Crippen molar-refractivity contribution in [3.63, 3.8) is 0 Å². The van der Waals surface area contributed by atoms with E-state index < -0.39 is 0 Å². The molecule has 0 bridgehead atoms. The minimum absolute atomic E-state index is 0.202. The first-order chi connectivity index (χ1) is 8.19. The molecule has 1 heterocycles. The summed E-state index contributed by atoms with van der Waals surface area (Å²) in [5.74, 6) is 1.12. The molecule has 0 amide bonds. The number of hydrogen-bond donors (Lipinski definition) is 1. The van der Waals surface area contributed by atoms with Gasteiger partial charge in [-0.2, -0.15) is 4.80 Å². The molecule has 1 aromatic heterocycles. The zero-order chi connectivity index (χ0) is 12.3. The predicted octanol–water partition coefficient (Wildman–Crippen LogP) is 1.10. The Morgan fingerprint density at radius 1 is 1.53 bits per heavy atom. The van der Waals surface area contributed by atoms with E-state index in [1.165, 1.54) is 4.80 Å². The lowest BCUT2D eigenvalue weighted by atomic mass is 10.2. The maximum Gasteiger partial charge on any atom is 0.204 e. The molecule has 2 N–H and O–H groups in total. The molecule has 17 heavy (non-hydrogen) atoms. The van der Waals surface area contributed by atoms with Gasteiger partial charge in [0.25, 0.3) is 0 Å². The number of rotatable bonds is 3. The van der Waals surface area contributed by atoms with Gasteiger partial charge in [-0.1, -0.05) is 12.1 Å². The molecule has 0 aliphatic carbocycles. The molecule has 6 nitrogen and oxygen atoms in total. The third-order valence-electron chi connectivity index (χ3n) is 2.02. The minimum Gasteiger partial charge on any atom is -0.386 e. The van der Waals surface area contributed by atoms with E-state index in [0.717, 1.165) is 5.56 Å². The molecule has 7 heteroatoms. The lowest BCUT2D eigenvalue weighted by Gasteiger charge is -1.98. The summed E-state index contributed by atoms with van der Waals surface area (Å²) in [4.78, 5) is 5.55. The fourth-order valence-corrected chi connectivity index (χ4v) is 1.37. The van der Waals surface area contributed by atoms with Crippen LogP contribution in [-0.2, 0) is 7.05 Å². The average Bonchev–Trinajstić information content (AvgIpc) is 2.76. The summed E-state index contributed by atoms with van der Waals surface area (Å²) >= 11 is 5.57. The highest BCUT2D eigenvalue weighted by Crippen LogP contribution is 2.20. The zero-order valence-corrected chi connectivity index (χ0v) is 9.96. The summed E-state index contributed by atoms with van der Waals surface area (Å²) in [6.45, 7) is 0. The summed E-state index contributed by atoms with van der Waals surface area (Å²) in [6, 6.07) is 7.40. The van der Waals surface area contributed by atoms with Crippen molar-refractivity contribution in [1.82, 2.24) is 20.2 Å². The van der Waals surface area contributed by atoms with Gasteiger partial charge in [0.15, 0.2) is 0 Å². The monoisotopic (exact) mass is 250 g/mol. The molecule has 0 aliphatic heterocycles. The minimum atomic E-state index is 0.202. The van der Waals surface area contributed by atoms with Crippen LogP contribution in [-0.4, -0.2) is 31.9 Å². The zero-order valence-electron chi connectivity index (χ0n) is 9.21. The van der Waals surface area contributed by atoms with Crippen LogP contribution in [0, 0.1) is 0 Å². The molecule has 0 unspecified atom stereocenters. The van der Waals surface area contributed by atoms with Crippen LogP contribution in [0.3, 0.4) is 0 Å². The Hall–Kier alpha value is -1.95. The number of aliphatic imine (C=N–C) groups is 1. The summed E-state index contributed by atoms with van der Waals surface area (Å²) in [5.41, 5.74) is 7.12. The van der Waals surface area contributed by atoms with Crippen LogP contribution < -0.4 is 5.73 Å². The predicted molar refractivity (Wildman–Crippen MR) is 66.2 cm³/mol. The summed E-state index contributed by atoms with van der Waals surface area (Å²) in [7, 11) is 1.71. The van der Waals surface area contributed by atoms with Gasteiger partial charge in [-0.25, -0.2) is 4.99 Å². The van der Waals surface area contributed by atoms with Crippen LogP contribution in [0.5, 0.6) is 0 Å². The van der Waals surface area contributed by atoms with E-state index in [2.05, 4.69) is 20.4 Å². The van der Waals surface area contributed by atoms with Crippen LogP contribution in [0.15, 0.2) is 29.3 Å². The van der Waals surface area contributed by atoms with E-state index in [1.54, 1.807) is 7.05 Å². The molecule has 2 rings (SSSR count). The van der Waals surface area contributed by atoms with E-state index in [4.69, 9.17) is 17.3 Å². The first-order valence-electron chi connectivity index (χ1n) is 4.92. The van der Waals surface area contributed by atoms with Crippen LogP contribution in [0.1, 0.15) is 0 Å². The highest BCUT2D eigenvalue weighted by atomic mass is 35.5. The van der Waals surface area contributed by atoms with Crippen molar-refractivity contribution in [3.8, 4) is 11.4 Å². The van der Waals surface area contributed by atoms with Gasteiger partial charge >= 0.3 is 0 Å². The Morgan fingerprint density at radius 2 is 2.35 bits per heavy atom. The van der Waals surface area contributed by atoms with Crippen molar-refractivity contribution in [1.29, 1.82) is 0 Å². The maximum atomic E-state index is 5.57. The Labute approximate surface area is 103 Å². The van der Waals surface area contributed by atoms with Gasteiger partial charge in [0.1, 0.15) is 5.84 Å². The van der Waals surface area contributed by atoms with Crippen LogP contribution >= 0.6 is 11.6 Å². The van der Waals surface area contributed by atoms with Gasteiger partial charge in [0.2, 0.25) is 5.82 Å². The first-order valence-corrected chi connectivity index (χ1v) is 5.46. The lowest BCUT2D eigenvalue weighted by Crippen LogP contribution is -2.12. The number of alkyl halides is 1. The molecule has 0 fully saturated rings. The quantitative estimate of drug-likeness (QED) is 0.503. The molecule has 0 saturated heterocycles. The molecule has 0 aliphatic rings. The fourth-order valence-electron chi connectivity index (χ4n) is 1.31.